The maximum Gasteiger partial charge on any atom is 2.00 e. The summed E-state index contributed by atoms with van der Waals surface area (Å²) >= 11 is 0. The van der Waals surface area contributed by atoms with Crippen molar-refractivity contribution in [3.63, 3.8) is 0 Å². The maximum absolute atomic E-state index is 2.36. The molecule has 0 atom stereocenters. The van der Waals surface area contributed by atoms with Crippen LogP contribution >= 0.6 is 7.26 Å². The van der Waals surface area contributed by atoms with Gasteiger partial charge < -0.3 is 2.85 Å². The van der Waals surface area contributed by atoms with Gasteiger partial charge in [0.25, 0.3) is 0 Å². The van der Waals surface area contributed by atoms with Crippen molar-refractivity contribution in [2.24, 2.45) is 0 Å². The molecular formula is C16H38MgP+. The Bertz CT molecular complexity index is 131. The average molecular weight is 286 g/mol. The Hall–Kier alpha value is 1.20. The SMILES string of the molecule is CCCC[P+](CCCC)(CCCC)CCCC.[H-].[H-].[Mg+2]. The largest absolute Gasteiger partial charge is 2.00 e. The fourth-order valence-corrected chi connectivity index (χ4v) is 7.93. The van der Waals surface area contributed by atoms with Gasteiger partial charge in [-0.05, 0) is 25.7 Å². The molecule has 0 amide bonds. The molecule has 0 unspecified atom stereocenters. The van der Waals surface area contributed by atoms with Gasteiger partial charge in [0.05, 0.1) is 24.6 Å². The molecule has 0 aliphatic heterocycles. The molecule has 0 heterocycles. The van der Waals surface area contributed by atoms with Crippen molar-refractivity contribution < 1.29 is 2.85 Å². The summed E-state index contributed by atoms with van der Waals surface area (Å²) in [4.78, 5) is 0. The molecule has 2 heteroatoms. The molecule has 0 fully saturated rings. The summed E-state index contributed by atoms with van der Waals surface area (Å²) in [5.41, 5.74) is 0. The van der Waals surface area contributed by atoms with E-state index in [0.717, 1.165) is 0 Å². The zero-order chi connectivity index (χ0) is 13.0. The van der Waals surface area contributed by atoms with Gasteiger partial charge in [0, 0.05) is 7.26 Å². The molecule has 0 spiro atoms. The fourth-order valence-electron chi connectivity index (χ4n) is 2.64. The van der Waals surface area contributed by atoms with Crippen molar-refractivity contribution in [1.29, 1.82) is 0 Å². The van der Waals surface area contributed by atoms with Crippen LogP contribution in [-0.4, -0.2) is 47.7 Å². The zero-order valence-electron chi connectivity index (χ0n) is 15.6. The molecule has 0 aliphatic rings. The van der Waals surface area contributed by atoms with E-state index >= 15 is 0 Å². The normalized spacial score (nSPS) is 11.3. The third kappa shape index (κ3) is 10.0. The first-order valence-electron chi connectivity index (χ1n) is 8.09. The first kappa shape index (κ1) is 21.5. The third-order valence-corrected chi connectivity index (χ3v) is 9.00. The van der Waals surface area contributed by atoms with Gasteiger partial charge >= 0.3 is 23.1 Å². The fraction of sp³-hybridized carbons (Fsp3) is 1.00. The summed E-state index contributed by atoms with van der Waals surface area (Å²) in [6, 6.07) is 0. The molecule has 0 nitrogen and oxygen atoms in total. The van der Waals surface area contributed by atoms with Crippen LogP contribution in [0.5, 0.6) is 0 Å². The van der Waals surface area contributed by atoms with Gasteiger partial charge in [-0.3, -0.25) is 0 Å². The molecule has 0 aromatic carbocycles. The molecular weight excluding hydrogens is 247 g/mol. The summed E-state index contributed by atoms with van der Waals surface area (Å²) in [7, 11) is -0.562. The van der Waals surface area contributed by atoms with Crippen LogP contribution in [0.2, 0.25) is 0 Å². The molecule has 0 saturated heterocycles. The van der Waals surface area contributed by atoms with E-state index < -0.39 is 7.26 Å². The van der Waals surface area contributed by atoms with Crippen molar-refractivity contribution in [3.8, 4) is 0 Å². The second kappa shape index (κ2) is 14.6. The van der Waals surface area contributed by atoms with Crippen LogP contribution in [-0.2, 0) is 0 Å². The minimum absolute atomic E-state index is 0. The molecule has 0 aliphatic carbocycles. The summed E-state index contributed by atoms with van der Waals surface area (Å²) in [6.45, 7) is 9.42. The predicted octanol–water partition coefficient (Wildman–Crippen LogP) is 6.05. The van der Waals surface area contributed by atoms with E-state index in [1.54, 1.807) is 24.6 Å². The van der Waals surface area contributed by atoms with Crippen LogP contribution in [0.3, 0.4) is 0 Å². The van der Waals surface area contributed by atoms with Gasteiger partial charge in [0.1, 0.15) is 0 Å². The Morgan fingerprint density at radius 2 is 0.778 bits per heavy atom. The molecule has 108 valence electrons. The van der Waals surface area contributed by atoms with Crippen LogP contribution in [0.1, 0.15) is 81.9 Å². The topological polar surface area (TPSA) is 0 Å². The predicted molar refractivity (Wildman–Crippen MR) is 94.0 cm³/mol. The third-order valence-electron chi connectivity index (χ3n) is 3.94. The average Bonchev–Trinajstić information content (AvgIpc) is 2.37. The molecule has 0 aromatic rings. The maximum atomic E-state index is 2.36. The van der Waals surface area contributed by atoms with Crippen molar-refractivity contribution in [2.45, 2.75) is 79.1 Å². The van der Waals surface area contributed by atoms with E-state index in [0.29, 0.717) is 0 Å². The second-order valence-electron chi connectivity index (χ2n) is 5.65. The Balaban J connectivity index is -0.000000427. The number of hydrogen-bond donors (Lipinski definition) is 0. The first-order valence-corrected chi connectivity index (χ1v) is 10.6. The van der Waals surface area contributed by atoms with E-state index in [2.05, 4.69) is 27.7 Å². The van der Waals surface area contributed by atoms with Gasteiger partial charge in [-0.2, -0.15) is 0 Å². The molecule has 0 aromatic heterocycles. The van der Waals surface area contributed by atoms with Crippen LogP contribution < -0.4 is 0 Å². The zero-order valence-corrected chi connectivity index (χ0v) is 15.9. The summed E-state index contributed by atoms with van der Waals surface area (Å²) in [5, 5.41) is 0. The van der Waals surface area contributed by atoms with E-state index in [4.69, 9.17) is 0 Å². The van der Waals surface area contributed by atoms with Crippen LogP contribution in [0.25, 0.3) is 0 Å². The number of rotatable bonds is 12. The van der Waals surface area contributed by atoms with Gasteiger partial charge in [0.15, 0.2) is 0 Å². The van der Waals surface area contributed by atoms with Crippen LogP contribution in [0.15, 0.2) is 0 Å². The van der Waals surface area contributed by atoms with Gasteiger partial charge in [-0.1, -0.05) is 53.4 Å². The van der Waals surface area contributed by atoms with Crippen molar-refractivity contribution in [1.82, 2.24) is 0 Å². The van der Waals surface area contributed by atoms with Crippen molar-refractivity contribution in [3.05, 3.63) is 0 Å². The minimum Gasteiger partial charge on any atom is -1.00 e. The molecule has 18 heavy (non-hydrogen) atoms. The molecule has 0 saturated carbocycles. The van der Waals surface area contributed by atoms with Crippen LogP contribution in [0.4, 0.5) is 0 Å². The number of unbranched alkanes of at least 4 members (excludes halogenated alkanes) is 4. The molecule has 0 rings (SSSR count). The van der Waals surface area contributed by atoms with Crippen molar-refractivity contribution in [2.75, 3.05) is 24.6 Å². The Kier molecular flexibility index (Phi) is 17.4. The first-order chi connectivity index (χ1) is 8.24. The molecule has 0 radical (unpaired) electrons. The van der Waals surface area contributed by atoms with E-state index in [1.807, 2.05) is 0 Å². The smallest absolute Gasteiger partial charge is 1.00 e. The van der Waals surface area contributed by atoms with Gasteiger partial charge in [-0.25, -0.2) is 0 Å². The molecule has 0 N–H and O–H groups in total. The van der Waals surface area contributed by atoms with Gasteiger partial charge in [0.2, 0.25) is 0 Å². The Labute approximate surface area is 137 Å². The van der Waals surface area contributed by atoms with Gasteiger partial charge in [-0.15, -0.1) is 0 Å². The van der Waals surface area contributed by atoms with E-state index in [1.165, 1.54) is 51.4 Å². The summed E-state index contributed by atoms with van der Waals surface area (Å²) in [5.74, 6) is 0. The molecule has 0 bridgehead atoms. The van der Waals surface area contributed by atoms with E-state index in [9.17, 15) is 0 Å². The Morgan fingerprint density at radius 3 is 0.944 bits per heavy atom. The second-order valence-corrected chi connectivity index (χ2v) is 10.1. The quantitative estimate of drug-likeness (QED) is 0.302. The standard InChI is InChI=1S/C16H36P.Mg.2H/c1-5-9-13-17(14-10-6-2,15-11-7-3)16-12-8-4;;;/h5-16H2,1-4H3;;;/q+1;+2;2*-1. The van der Waals surface area contributed by atoms with Crippen LogP contribution in [0, 0.1) is 0 Å². The number of hydrogen-bond acceptors (Lipinski definition) is 0. The summed E-state index contributed by atoms with van der Waals surface area (Å²) < 4.78 is 0. The monoisotopic (exact) mass is 285 g/mol. The van der Waals surface area contributed by atoms with Crippen molar-refractivity contribution >= 4 is 30.3 Å². The van der Waals surface area contributed by atoms with E-state index in [-0.39, 0.29) is 25.9 Å². The Morgan fingerprint density at radius 1 is 0.556 bits per heavy atom. The summed E-state index contributed by atoms with van der Waals surface area (Å²) in [6.07, 6.45) is 17.9. The minimum atomic E-state index is -0.562.